The zero-order valence-electron chi connectivity index (χ0n) is 15.5. The van der Waals surface area contributed by atoms with E-state index in [0.717, 1.165) is 0 Å². The Balaban J connectivity index is 1.45. The molecule has 0 aliphatic heterocycles. The molecular formula is C21H15N3O6. The standard InChI is InChI=1S/C21H15N3O6/c25-19(23-24-20(26)18-8-4-10-29-18)12-30-21(27)14-11-16(17-7-3-9-28-17)22-15-6-2-1-5-13(14)15/h1-11H,12H2,(H,23,25)(H,24,26). The van der Waals surface area contributed by atoms with Crippen LogP contribution in [0, 0.1) is 0 Å². The van der Waals surface area contributed by atoms with Crippen LogP contribution in [0.5, 0.6) is 0 Å². The van der Waals surface area contributed by atoms with Gasteiger partial charge in [-0.15, -0.1) is 0 Å². The molecule has 3 heterocycles. The van der Waals surface area contributed by atoms with Crippen molar-refractivity contribution in [2.75, 3.05) is 6.61 Å². The fourth-order valence-electron chi connectivity index (χ4n) is 2.74. The number of nitrogens with zero attached hydrogens (tertiary/aromatic N) is 1. The molecule has 2 N–H and O–H groups in total. The van der Waals surface area contributed by atoms with Gasteiger partial charge in [0.05, 0.1) is 23.6 Å². The molecule has 30 heavy (non-hydrogen) atoms. The highest BCUT2D eigenvalue weighted by molar-refractivity contribution is 6.05. The number of fused-ring (bicyclic) bond motifs is 1. The molecule has 0 atom stereocenters. The highest BCUT2D eigenvalue weighted by Crippen LogP contribution is 2.25. The minimum atomic E-state index is -0.715. The number of nitrogens with one attached hydrogen (secondary N) is 2. The molecule has 4 rings (SSSR count). The number of hydrazine groups is 1. The summed E-state index contributed by atoms with van der Waals surface area (Å²) in [6.45, 7) is -0.593. The predicted molar refractivity (Wildman–Crippen MR) is 104 cm³/mol. The lowest BCUT2D eigenvalue weighted by Gasteiger charge is -2.10. The minimum Gasteiger partial charge on any atom is -0.463 e. The molecule has 0 unspecified atom stereocenters. The molecule has 0 bridgehead atoms. The average molecular weight is 405 g/mol. The summed E-state index contributed by atoms with van der Waals surface area (Å²) >= 11 is 0. The lowest BCUT2D eigenvalue weighted by molar-refractivity contribution is -0.125. The number of pyridine rings is 1. The van der Waals surface area contributed by atoms with Crippen molar-refractivity contribution in [3.8, 4) is 11.5 Å². The van der Waals surface area contributed by atoms with Crippen molar-refractivity contribution in [3.05, 3.63) is 78.4 Å². The summed E-state index contributed by atoms with van der Waals surface area (Å²) in [5.41, 5.74) is 5.58. The third-order valence-electron chi connectivity index (χ3n) is 4.10. The maximum absolute atomic E-state index is 12.6. The molecular weight excluding hydrogens is 390 g/mol. The highest BCUT2D eigenvalue weighted by atomic mass is 16.5. The summed E-state index contributed by atoms with van der Waals surface area (Å²) < 4.78 is 15.4. The van der Waals surface area contributed by atoms with Gasteiger partial charge in [-0.3, -0.25) is 20.4 Å². The molecule has 1 aromatic carbocycles. The van der Waals surface area contributed by atoms with Gasteiger partial charge in [-0.25, -0.2) is 9.78 Å². The Morgan fingerprint density at radius 2 is 1.73 bits per heavy atom. The first kappa shape index (κ1) is 18.9. The van der Waals surface area contributed by atoms with E-state index in [1.807, 2.05) is 0 Å². The minimum absolute atomic E-state index is 0.0287. The Kier molecular flexibility index (Phi) is 5.25. The lowest BCUT2D eigenvalue weighted by Crippen LogP contribution is -2.43. The molecule has 2 amide bonds. The number of para-hydroxylation sites is 1. The zero-order valence-corrected chi connectivity index (χ0v) is 15.5. The second-order valence-corrected chi connectivity index (χ2v) is 6.11. The molecule has 9 nitrogen and oxygen atoms in total. The number of aromatic nitrogens is 1. The third-order valence-corrected chi connectivity index (χ3v) is 4.10. The van der Waals surface area contributed by atoms with Crippen molar-refractivity contribution in [2.24, 2.45) is 0 Å². The number of hydrogen-bond donors (Lipinski definition) is 2. The van der Waals surface area contributed by atoms with Crippen molar-refractivity contribution in [2.45, 2.75) is 0 Å². The van der Waals surface area contributed by atoms with Crippen LogP contribution in [0.3, 0.4) is 0 Å². The molecule has 0 radical (unpaired) electrons. The lowest BCUT2D eigenvalue weighted by atomic mass is 10.1. The van der Waals surface area contributed by atoms with Gasteiger partial charge >= 0.3 is 11.9 Å². The Morgan fingerprint density at radius 3 is 2.50 bits per heavy atom. The fraction of sp³-hybridized carbons (Fsp3) is 0.0476. The first-order chi connectivity index (χ1) is 14.6. The van der Waals surface area contributed by atoms with Crippen LogP contribution in [0.15, 0.2) is 76.0 Å². The summed E-state index contributed by atoms with van der Waals surface area (Å²) in [6.07, 6.45) is 2.83. The first-order valence-electron chi connectivity index (χ1n) is 8.85. The number of carbonyl (C=O) groups is 3. The second-order valence-electron chi connectivity index (χ2n) is 6.11. The van der Waals surface area contributed by atoms with Crippen LogP contribution in [0.1, 0.15) is 20.9 Å². The molecule has 0 spiro atoms. The van der Waals surface area contributed by atoms with Gasteiger partial charge in [0.25, 0.3) is 5.91 Å². The predicted octanol–water partition coefficient (Wildman–Crippen LogP) is 2.71. The maximum atomic E-state index is 12.6. The molecule has 0 saturated carbocycles. The number of carbonyl (C=O) groups excluding carboxylic acids is 3. The van der Waals surface area contributed by atoms with Gasteiger partial charge in [-0.05, 0) is 36.4 Å². The number of esters is 1. The van der Waals surface area contributed by atoms with Crippen molar-refractivity contribution in [3.63, 3.8) is 0 Å². The number of benzene rings is 1. The number of rotatable bonds is 5. The summed E-state index contributed by atoms with van der Waals surface area (Å²) in [4.78, 5) is 40.8. The van der Waals surface area contributed by atoms with Crippen LogP contribution in [0.2, 0.25) is 0 Å². The van der Waals surface area contributed by atoms with Crippen LogP contribution in [-0.4, -0.2) is 29.4 Å². The number of amides is 2. The summed E-state index contributed by atoms with van der Waals surface area (Å²) in [7, 11) is 0. The van der Waals surface area contributed by atoms with E-state index in [2.05, 4.69) is 15.8 Å². The molecule has 0 aliphatic carbocycles. The highest BCUT2D eigenvalue weighted by Gasteiger charge is 2.18. The van der Waals surface area contributed by atoms with Crippen LogP contribution in [0.4, 0.5) is 0 Å². The van der Waals surface area contributed by atoms with Crippen molar-refractivity contribution < 1.29 is 28.0 Å². The Bertz CT molecular complexity index is 1200. The summed E-state index contributed by atoms with van der Waals surface area (Å²) in [5, 5.41) is 0.573. The number of furan rings is 2. The number of ether oxygens (including phenoxy) is 1. The van der Waals surface area contributed by atoms with Gasteiger partial charge < -0.3 is 13.6 Å². The Morgan fingerprint density at radius 1 is 0.933 bits per heavy atom. The molecule has 0 fully saturated rings. The molecule has 9 heteroatoms. The van der Waals surface area contributed by atoms with Gasteiger partial charge in [-0.1, -0.05) is 18.2 Å². The van der Waals surface area contributed by atoms with E-state index in [9.17, 15) is 14.4 Å². The van der Waals surface area contributed by atoms with Gasteiger partial charge in [0, 0.05) is 5.39 Å². The average Bonchev–Trinajstić information content (AvgIpc) is 3.49. The van der Waals surface area contributed by atoms with E-state index in [0.29, 0.717) is 22.4 Å². The van der Waals surface area contributed by atoms with Crippen LogP contribution < -0.4 is 10.9 Å². The van der Waals surface area contributed by atoms with Crippen molar-refractivity contribution in [1.29, 1.82) is 0 Å². The van der Waals surface area contributed by atoms with Gasteiger partial charge in [0.15, 0.2) is 18.1 Å². The van der Waals surface area contributed by atoms with E-state index < -0.39 is 24.4 Å². The van der Waals surface area contributed by atoms with E-state index in [1.54, 1.807) is 42.5 Å². The van der Waals surface area contributed by atoms with Crippen molar-refractivity contribution >= 4 is 28.7 Å². The van der Waals surface area contributed by atoms with Gasteiger partial charge in [-0.2, -0.15) is 0 Å². The molecule has 0 saturated heterocycles. The Labute approximate surface area is 169 Å². The smallest absolute Gasteiger partial charge is 0.339 e. The third kappa shape index (κ3) is 4.04. The molecule has 150 valence electrons. The normalized spacial score (nSPS) is 10.5. The molecule has 3 aromatic heterocycles. The zero-order chi connectivity index (χ0) is 20.9. The second kappa shape index (κ2) is 8.31. The largest absolute Gasteiger partial charge is 0.463 e. The first-order valence-corrected chi connectivity index (χ1v) is 8.85. The van der Waals surface area contributed by atoms with E-state index in [-0.39, 0.29) is 11.3 Å². The van der Waals surface area contributed by atoms with Crippen LogP contribution in [-0.2, 0) is 9.53 Å². The topological polar surface area (TPSA) is 124 Å². The SMILES string of the molecule is O=C(COC(=O)c1cc(-c2ccco2)nc2ccccc12)NNC(=O)c1ccco1. The van der Waals surface area contributed by atoms with E-state index in [4.69, 9.17) is 13.6 Å². The summed E-state index contributed by atoms with van der Waals surface area (Å²) in [6, 6.07) is 15.0. The molecule has 0 aliphatic rings. The van der Waals surface area contributed by atoms with Gasteiger partial charge in [0.2, 0.25) is 0 Å². The monoisotopic (exact) mass is 405 g/mol. The van der Waals surface area contributed by atoms with E-state index in [1.165, 1.54) is 24.7 Å². The maximum Gasteiger partial charge on any atom is 0.339 e. The molecule has 4 aromatic rings. The van der Waals surface area contributed by atoms with Crippen LogP contribution >= 0.6 is 0 Å². The van der Waals surface area contributed by atoms with E-state index >= 15 is 0 Å². The van der Waals surface area contributed by atoms with Gasteiger partial charge in [0.1, 0.15) is 5.69 Å². The quantitative estimate of drug-likeness (QED) is 0.386. The Hall–Kier alpha value is -4.40. The summed E-state index contributed by atoms with van der Waals surface area (Å²) in [5.74, 6) is -1.54. The van der Waals surface area contributed by atoms with Crippen LogP contribution in [0.25, 0.3) is 22.4 Å². The fourth-order valence-corrected chi connectivity index (χ4v) is 2.74. The number of hydrogen-bond acceptors (Lipinski definition) is 7. The van der Waals surface area contributed by atoms with Crippen molar-refractivity contribution in [1.82, 2.24) is 15.8 Å².